The molecule has 0 aliphatic heterocycles. The number of benzene rings is 3. The Balaban J connectivity index is 1.88. The Hall–Kier alpha value is -3.53. The van der Waals surface area contributed by atoms with Gasteiger partial charge >= 0.3 is 0 Å². The molecule has 0 N–H and O–H groups in total. The first kappa shape index (κ1) is 18.3. The summed E-state index contributed by atoms with van der Waals surface area (Å²) in [7, 11) is 0. The summed E-state index contributed by atoms with van der Waals surface area (Å²) in [6, 6.07) is 26.3. The van der Waals surface area contributed by atoms with Crippen molar-refractivity contribution in [2.75, 3.05) is 0 Å². The fraction of sp³-hybridized carbons (Fsp3) is 0.0435. The van der Waals surface area contributed by atoms with Crippen molar-refractivity contribution in [3.63, 3.8) is 0 Å². The average molecular weight is 371 g/mol. The number of hydrogen-bond donors (Lipinski definition) is 0. The fourth-order valence-electron chi connectivity index (χ4n) is 2.61. The Morgan fingerprint density at radius 3 is 2.37 bits per heavy atom. The highest BCUT2D eigenvalue weighted by molar-refractivity contribution is 6.30. The van der Waals surface area contributed by atoms with Gasteiger partial charge in [-0.2, -0.15) is 10.5 Å². The van der Waals surface area contributed by atoms with Crippen molar-refractivity contribution in [3.05, 3.63) is 100 Å². The van der Waals surface area contributed by atoms with E-state index < -0.39 is 0 Å². The van der Waals surface area contributed by atoms with E-state index in [1.165, 1.54) is 0 Å². The predicted molar refractivity (Wildman–Crippen MR) is 107 cm³/mol. The van der Waals surface area contributed by atoms with Crippen LogP contribution in [0.3, 0.4) is 0 Å². The van der Waals surface area contributed by atoms with Crippen molar-refractivity contribution < 1.29 is 4.74 Å². The van der Waals surface area contributed by atoms with E-state index in [0.29, 0.717) is 21.9 Å². The van der Waals surface area contributed by atoms with E-state index in [1.54, 1.807) is 24.3 Å². The van der Waals surface area contributed by atoms with Gasteiger partial charge < -0.3 is 4.74 Å². The lowest BCUT2D eigenvalue weighted by Crippen LogP contribution is -1.99. The third-order valence-electron chi connectivity index (χ3n) is 4.02. The molecule has 0 bridgehead atoms. The van der Waals surface area contributed by atoms with Crippen molar-refractivity contribution in [2.45, 2.75) is 6.61 Å². The molecule has 0 atom stereocenters. The van der Waals surface area contributed by atoms with Crippen LogP contribution in [0.15, 0.2) is 72.8 Å². The molecule has 27 heavy (non-hydrogen) atoms. The first-order valence-electron chi connectivity index (χ1n) is 8.29. The van der Waals surface area contributed by atoms with Gasteiger partial charge in [-0.15, -0.1) is 0 Å². The molecule has 0 aliphatic rings. The maximum atomic E-state index is 9.55. The van der Waals surface area contributed by atoms with Gasteiger partial charge in [0.25, 0.3) is 0 Å². The highest BCUT2D eigenvalue weighted by Crippen LogP contribution is 2.26. The Labute approximate surface area is 163 Å². The zero-order valence-electron chi connectivity index (χ0n) is 14.4. The van der Waals surface area contributed by atoms with Crippen LogP contribution in [0.1, 0.15) is 22.3 Å². The Bertz CT molecular complexity index is 1060. The molecule has 0 radical (unpaired) electrons. The molecule has 0 amide bonds. The summed E-state index contributed by atoms with van der Waals surface area (Å²) in [6.07, 6.45) is 1.79. The number of ether oxygens (including phenoxy) is 1. The smallest absolute Gasteiger partial charge is 0.127 e. The van der Waals surface area contributed by atoms with Crippen LogP contribution in [0.2, 0.25) is 5.02 Å². The summed E-state index contributed by atoms with van der Waals surface area (Å²) in [6.45, 7) is 0.275. The third-order valence-corrected chi connectivity index (χ3v) is 4.27. The van der Waals surface area contributed by atoms with Gasteiger partial charge in [0.15, 0.2) is 0 Å². The lowest BCUT2D eigenvalue weighted by Gasteiger charge is -2.11. The molecule has 130 valence electrons. The minimum absolute atomic E-state index is 0.275. The highest BCUT2D eigenvalue weighted by atomic mass is 35.5. The maximum absolute atomic E-state index is 9.55. The van der Waals surface area contributed by atoms with Crippen molar-refractivity contribution in [1.82, 2.24) is 0 Å². The zero-order valence-corrected chi connectivity index (χ0v) is 15.1. The van der Waals surface area contributed by atoms with Crippen LogP contribution in [0.4, 0.5) is 0 Å². The van der Waals surface area contributed by atoms with Gasteiger partial charge in [-0.05, 0) is 35.9 Å². The monoisotopic (exact) mass is 370 g/mol. The lowest BCUT2D eigenvalue weighted by atomic mass is 10.0. The average Bonchev–Trinajstić information content (AvgIpc) is 2.72. The molecule has 0 spiro atoms. The fourth-order valence-corrected chi connectivity index (χ4v) is 2.73. The lowest BCUT2D eigenvalue weighted by molar-refractivity contribution is 0.305. The summed E-state index contributed by atoms with van der Waals surface area (Å²) in [5, 5.41) is 19.4. The van der Waals surface area contributed by atoms with E-state index in [1.807, 2.05) is 54.6 Å². The third kappa shape index (κ3) is 4.55. The molecule has 3 rings (SSSR count). The molecule has 0 saturated carbocycles. The maximum Gasteiger partial charge on any atom is 0.127 e. The molecule has 4 heteroatoms. The van der Waals surface area contributed by atoms with Gasteiger partial charge in [-0.25, -0.2) is 0 Å². The standard InChI is InChI=1S/C23H15ClN2O/c24-22-11-9-17(10-12-22)21(15-26)13-18-5-3-4-8-23(18)27-16-20-7-2-1-6-19(20)14-25/h1-13H,16H2. The van der Waals surface area contributed by atoms with E-state index in [-0.39, 0.29) is 6.61 Å². The Morgan fingerprint density at radius 2 is 1.63 bits per heavy atom. The van der Waals surface area contributed by atoms with Gasteiger partial charge in [0.05, 0.1) is 23.3 Å². The van der Waals surface area contributed by atoms with E-state index in [9.17, 15) is 10.5 Å². The normalized spacial score (nSPS) is 10.7. The highest BCUT2D eigenvalue weighted by Gasteiger charge is 2.07. The second-order valence-corrected chi connectivity index (χ2v) is 6.21. The summed E-state index contributed by atoms with van der Waals surface area (Å²) in [4.78, 5) is 0. The van der Waals surface area contributed by atoms with Crippen LogP contribution in [0.25, 0.3) is 11.6 Å². The molecule has 0 aliphatic carbocycles. The Kier molecular flexibility index (Phi) is 5.90. The molecular formula is C23H15ClN2O. The summed E-state index contributed by atoms with van der Waals surface area (Å²) in [5.41, 5.74) is 3.49. The molecule has 0 saturated heterocycles. The minimum atomic E-state index is 0.275. The van der Waals surface area contributed by atoms with Crippen molar-refractivity contribution in [3.8, 4) is 17.9 Å². The molecule has 0 unspecified atom stereocenters. The van der Waals surface area contributed by atoms with Gasteiger partial charge in [-0.1, -0.05) is 60.1 Å². The molecule has 3 aromatic rings. The number of para-hydroxylation sites is 1. The van der Waals surface area contributed by atoms with Gasteiger partial charge in [0, 0.05) is 16.1 Å². The number of halogens is 1. The number of rotatable bonds is 5. The van der Waals surface area contributed by atoms with E-state index in [4.69, 9.17) is 16.3 Å². The first-order chi connectivity index (χ1) is 13.2. The number of nitrogens with zero attached hydrogens (tertiary/aromatic N) is 2. The summed E-state index contributed by atoms with van der Waals surface area (Å²) < 4.78 is 5.94. The Morgan fingerprint density at radius 1 is 0.926 bits per heavy atom. The van der Waals surface area contributed by atoms with Crippen LogP contribution in [-0.4, -0.2) is 0 Å². The molecular weight excluding hydrogens is 356 g/mol. The van der Waals surface area contributed by atoms with E-state index >= 15 is 0 Å². The van der Waals surface area contributed by atoms with E-state index in [0.717, 1.165) is 16.7 Å². The van der Waals surface area contributed by atoms with Gasteiger partial charge in [0.2, 0.25) is 0 Å². The SMILES string of the molecule is N#CC(=Cc1ccccc1OCc1ccccc1C#N)c1ccc(Cl)cc1. The second-order valence-electron chi connectivity index (χ2n) is 5.77. The number of nitriles is 2. The van der Waals surface area contributed by atoms with Gasteiger partial charge in [-0.3, -0.25) is 0 Å². The van der Waals surface area contributed by atoms with Crippen LogP contribution < -0.4 is 4.74 Å². The van der Waals surface area contributed by atoms with Crippen molar-refractivity contribution >= 4 is 23.3 Å². The summed E-state index contributed by atoms with van der Waals surface area (Å²) >= 11 is 5.92. The minimum Gasteiger partial charge on any atom is -0.488 e. The quantitative estimate of drug-likeness (QED) is 0.417. The molecule has 0 aromatic heterocycles. The van der Waals surface area contributed by atoms with Crippen LogP contribution in [0.5, 0.6) is 5.75 Å². The van der Waals surface area contributed by atoms with Crippen molar-refractivity contribution in [2.24, 2.45) is 0 Å². The van der Waals surface area contributed by atoms with Crippen LogP contribution in [-0.2, 0) is 6.61 Å². The van der Waals surface area contributed by atoms with Crippen molar-refractivity contribution in [1.29, 1.82) is 10.5 Å². The van der Waals surface area contributed by atoms with Crippen LogP contribution in [0, 0.1) is 22.7 Å². The molecule has 3 aromatic carbocycles. The zero-order chi connectivity index (χ0) is 19.1. The number of allylic oxidation sites excluding steroid dienone is 1. The van der Waals surface area contributed by atoms with Crippen LogP contribution >= 0.6 is 11.6 Å². The van der Waals surface area contributed by atoms with E-state index in [2.05, 4.69) is 12.1 Å². The van der Waals surface area contributed by atoms with Gasteiger partial charge in [0.1, 0.15) is 12.4 Å². The predicted octanol–water partition coefficient (Wildman–Crippen LogP) is 5.85. The molecule has 0 fully saturated rings. The summed E-state index contributed by atoms with van der Waals surface area (Å²) in [5.74, 6) is 0.645. The topological polar surface area (TPSA) is 56.8 Å². The molecule has 3 nitrogen and oxygen atoms in total. The number of hydrogen-bond acceptors (Lipinski definition) is 3. The second kappa shape index (κ2) is 8.72. The largest absolute Gasteiger partial charge is 0.488 e. The molecule has 0 heterocycles. The first-order valence-corrected chi connectivity index (χ1v) is 8.66.